The van der Waals surface area contributed by atoms with Crippen LogP contribution in [-0.2, 0) is 0 Å². The second-order valence-electron chi connectivity index (χ2n) is 4.36. The molecule has 0 saturated heterocycles. The first kappa shape index (κ1) is 14.7. The molecule has 1 aromatic carbocycles. The number of hydrogen-bond donors (Lipinski definition) is 1. The van der Waals surface area contributed by atoms with Crippen LogP contribution >= 0.6 is 0 Å². The second-order valence-corrected chi connectivity index (χ2v) is 4.36. The molecule has 106 valence electrons. The summed E-state index contributed by atoms with van der Waals surface area (Å²) in [6.45, 7) is 5.56. The van der Waals surface area contributed by atoms with E-state index in [9.17, 15) is 9.18 Å². The van der Waals surface area contributed by atoms with Crippen LogP contribution in [0.5, 0.6) is 0 Å². The summed E-state index contributed by atoms with van der Waals surface area (Å²) in [5.74, 6) is -0.319. The van der Waals surface area contributed by atoms with Crippen molar-refractivity contribution in [1.29, 1.82) is 0 Å². The highest BCUT2D eigenvalue weighted by molar-refractivity contribution is 5.83. The Morgan fingerprint density at radius 1 is 1.33 bits per heavy atom. The Bertz CT molecular complexity index is 755. The molecule has 3 nitrogen and oxygen atoms in total. The van der Waals surface area contributed by atoms with Gasteiger partial charge in [0.25, 0.3) is 5.56 Å². The van der Waals surface area contributed by atoms with Crippen LogP contribution in [0.1, 0.15) is 12.5 Å². The molecule has 0 amide bonds. The summed E-state index contributed by atoms with van der Waals surface area (Å²) in [5, 5.41) is 6.51. The van der Waals surface area contributed by atoms with Crippen LogP contribution in [0.2, 0.25) is 0 Å². The van der Waals surface area contributed by atoms with Crippen LogP contribution in [0.15, 0.2) is 66.0 Å². The highest BCUT2D eigenvalue weighted by Gasteiger charge is 2.10. The minimum absolute atomic E-state index is 0.296. The summed E-state index contributed by atoms with van der Waals surface area (Å²) in [7, 11) is 0. The van der Waals surface area contributed by atoms with E-state index < -0.39 is 0 Å². The van der Waals surface area contributed by atoms with E-state index >= 15 is 0 Å². The van der Waals surface area contributed by atoms with E-state index in [1.165, 1.54) is 18.2 Å². The van der Waals surface area contributed by atoms with Crippen molar-refractivity contribution in [2.45, 2.75) is 6.92 Å². The molecular formula is C17H15FN2O. The zero-order valence-electron chi connectivity index (χ0n) is 11.6. The molecule has 0 unspecified atom stereocenters. The number of halogens is 1. The quantitative estimate of drug-likeness (QED) is 0.869. The summed E-state index contributed by atoms with van der Waals surface area (Å²) in [4.78, 5) is 11.6. The second kappa shape index (κ2) is 6.61. The Morgan fingerprint density at radius 2 is 2.05 bits per heavy atom. The van der Waals surface area contributed by atoms with Crippen molar-refractivity contribution in [2.75, 3.05) is 0 Å². The average Bonchev–Trinajstić information content (AvgIpc) is 2.48. The third-order valence-electron chi connectivity index (χ3n) is 2.88. The SMILES string of the molecule is C=C/C=C(\C=C/C)c1cc(=O)[nH]nc1-c1ccc(F)cc1. The summed E-state index contributed by atoms with van der Waals surface area (Å²) >= 11 is 0. The van der Waals surface area contributed by atoms with Crippen LogP contribution < -0.4 is 5.56 Å². The van der Waals surface area contributed by atoms with Crippen molar-refractivity contribution in [3.8, 4) is 11.3 Å². The van der Waals surface area contributed by atoms with Crippen LogP contribution in [0.25, 0.3) is 16.8 Å². The maximum absolute atomic E-state index is 13.1. The Balaban J connectivity index is 2.67. The lowest BCUT2D eigenvalue weighted by Gasteiger charge is -2.08. The van der Waals surface area contributed by atoms with Gasteiger partial charge in [0.2, 0.25) is 0 Å². The topological polar surface area (TPSA) is 45.8 Å². The van der Waals surface area contributed by atoms with E-state index in [0.717, 1.165) is 11.1 Å². The Hall–Kier alpha value is -2.75. The van der Waals surface area contributed by atoms with Gasteiger partial charge >= 0.3 is 0 Å². The molecular weight excluding hydrogens is 267 g/mol. The van der Waals surface area contributed by atoms with Crippen molar-refractivity contribution in [1.82, 2.24) is 10.2 Å². The molecule has 0 aliphatic heterocycles. The third-order valence-corrected chi connectivity index (χ3v) is 2.88. The highest BCUT2D eigenvalue weighted by Crippen LogP contribution is 2.26. The van der Waals surface area contributed by atoms with Crippen molar-refractivity contribution < 1.29 is 4.39 Å². The molecule has 21 heavy (non-hydrogen) atoms. The molecule has 1 N–H and O–H groups in total. The number of nitrogens with zero attached hydrogens (tertiary/aromatic N) is 1. The number of aromatic amines is 1. The molecule has 0 radical (unpaired) electrons. The van der Waals surface area contributed by atoms with E-state index in [0.29, 0.717) is 11.3 Å². The molecule has 0 bridgehead atoms. The van der Waals surface area contributed by atoms with Gasteiger partial charge in [-0.25, -0.2) is 9.49 Å². The van der Waals surface area contributed by atoms with E-state index in [1.54, 1.807) is 24.3 Å². The number of H-pyrrole nitrogens is 1. The summed E-state index contributed by atoms with van der Waals surface area (Å²) in [5.41, 5.74) is 2.49. The Labute approximate surface area is 122 Å². The van der Waals surface area contributed by atoms with Crippen molar-refractivity contribution in [3.63, 3.8) is 0 Å². The summed E-state index contributed by atoms with van der Waals surface area (Å²) in [6, 6.07) is 7.44. The predicted molar refractivity (Wildman–Crippen MR) is 83.2 cm³/mol. The molecule has 0 saturated carbocycles. The fourth-order valence-corrected chi connectivity index (χ4v) is 1.99. The molecule has 2 aromatic rings. The normalized spacial score (nSPS) is 11.8. The Morgan fingerprint density at radius 3 is 2.67 bits per heavy atom. The van der Waals surface area contributed by atoms with Gasteiger partial charge in [-0.1, -0.05) is 30.9 Å². The van der Waals surface area contributed by atoms with E-state index in [2.05, 4.69) is 16.8 Å². The number of rotatable bonds is 4. The molecule has 0 fully saturated rings. The van der Waals surface area contributed by atoms with Crippen molar-refractivity contribution in [3.05, 3.63) is 82.9 Å². The van der Waals surface area contributed by atoms with Gasteiger partial charge in [-0.05, 0) is 36.8 Å². The van der Waals surface area contributed by atoms with Gasteiger partial charge in [-0.3, -0.25) is 4.79 Å². The summed E-state index contributed by atoms with van der Waals surface area (Å²) in [6.07, 6.45) is 7.17. The lowest BCUT2D eigenvalue weighted by Crippen LogP contribution is -2.09. The first-order chi connectivity index (χ1) is 10.2. The van der Waals surface area contributed by atoms with Crippen LogP contribution in [-0.4, -0.2) is 10.2 Å². The van der Waals surface area contributed by atoms with Gasteiger partial charge in [-0.15, -0.1) is 0 Å². The predicted octanol–water partition coefficient (Wildman–Crippen LogP) is 3.72. The van der Waals surface area contributed by atoms with Crippen molar-refractivity contribution >= 4 is 5.57 Å². The largest absolute Gasteiger partial charge is 0.268 e. The standard InChI is InChI=1S/C17H15FN2O/c1-3-5-12(6-4-2)15-11-16(21)19-20-17(15)13-7-9-14(18)10-8-13/h3-11H,1H2,2H3,(H,19,21)/b6-4-,12-5+. The number of allylic oxidation sites excluding steroid dienone is 5. The van der Waals surface area contributed by atoms with Crippen molar-refractivity contribution in [2.24, 2.45) is 0 Å². The molecule has 1 heterocycles. The van der Waals surface area contributed by atoms with Crippen LogP contribution in [0, 0.1) is 5.82 Å². The van der Waals surface area contributed by atoms with E-state index in [1.807, 2.05) is 19.1 Å². The average molecular weight is 282 g/mol. The van der Waals surface area contributed by atoms with Gasteiger partial charge in [-0.2, -0.15) is 5.10 Å². The first-order valence-electron chi connectivity index (χ1n) is 6.47. The lowest BCUT2D eigenvalue weighted by atomic mass is 9.99. The number of aromatic nitrogens is 2. The molecule has 1 aromatic heterocycles. The molecule has 0 aliphatic rings. The van der Waals surface area contributed by atoms with Gasteiger partial charge in [0.15, 0.2) is 0 Å². The smallest absolute Gasteiger partial charge is 0.264 e. The summed E-state index contributed by atoms with van der Waals surface area (Å²) < 4.78 is 13.1. The van der Waals surface area contributed by atoms with Crippen LogP contribution in [0.4, 0.5) is 4.39 Å². The molecule has 0 aliphatic carbocycles. The number of nitrogens with one attached hydrogen (secondary N) is 1. The molecule has 0 atom stereocenters. The van der Waals surface area contributed by atoms with Gasteiger partial charge in [0, 0.05) is 17.2 Å². The third kappa shape index (κ3) is 3.42. The number of hydrogen-bond acceptors (Lipinski definition) is 2. The maximum atomic E-state index is 13.1. The van der Waals surface area contributed by atoms with Gasteiger partial charge in [0.05, 0.1) is 5.69 Å². The minimum atomic E-state index is -0.319. The number of benzene rings is 1. The van der Waals surface area contributed by atoms with Gasteiger partial charge in [0.1, 0.15) is 5.82 Å². The van der Waals surface area contributed by atoms with E-state index in [-0.39, 0.29) is 11.4 Å². The fraction of sp³-hybridized carbons (Fsp3) is 0.0588. The Kier molecular flexibility index (Phi) is 4.61. The van der Waals surface area contributed by atoms with E-state index in [4.69, 9.17) is 0 Å². The highest BCUT2D eigenvalue weighted by atomic mass is 19.1. The minimum Gasteiger partial charge on any atom is -0.268 e. The monoisotopic (exact) mass is 282 g/mol. The lowest BCUT2D eigenvalue weighted by molar-refractivity contribution is 0.628. The fourth-order valence-electron chi connectivity index (χ4n) is 1.99. The van der Waals surface area contributed by atoms with Crippen LogP contribution in [0.3, 0.4) is 0 Å². The maximum Gasteiger partial charge on any atom is 0.264 e. The molecule has 2 rings (SSSR count). The zero-order valence-corrected chi connectivity index (χ0v) is 11.6. The molecule has 0 spiro atoms. The molecule has 4 heteroatoms. The zero-order chi connectivity index (χ0) is 15.2. The van der Waals surface area contributed by atoms with Gasteiger partial charge < -0.3 is 0 Å². The first-order valence-corrected chi connectivity index (χ1v) is 6.47.